The predicted octanol–water partition coefficient (Wildman–Crippen LogP) is 4.72. The standard InChI is InChI=1S/C31H45N3O4/c1-4-5-9-17-38-27-20-25(19-26(21-27)34-16-10-13-30(34)36)31(37)33-28(18-24-11-7-6-8-12-24)29(35)22-32-15-14-23(2)3/h6-8,11-12,19-21,23,28-29,32,35H,4-5,9-10,13-18,22H2,1-3H3,(H,33,37)/t28-,29-/m0/s1. The van der Waals surface area contributed by atoms with Crippen LogP contribution >= 0.6 is 0 Å². The Morgan fingerprint density at radius 2 is 1.92 bits per heavy atom. The fraction of sp³-hybridized carbons (Fsp3) is 0.548. The number of carbonyl (C=O) groups is 2. The first-order valence-corrected chi connectivity index (χ1v) is 14.2. The van der Waals surface area contributed by atoms with Gasteiger partial charge in [0.05, 0.1) is 18.8 Å². The maximum absolute atomic E-state index is 13.5. The molecule has 3 rings (SSSR count). The van der Waals surface area contributed by atoms with Crippen molar-refractivity contribution < 1.29 is 19.4 Å². The number of nitrogens with zero attached hydrogens (tertiary/aromatic N) is 1. The Morgan fingerprint density at radius 3 is 2.61 bits per heavy atom. The third kappa shape index (κ3) is 9.44. The van der Waals surface area contributed by atoms with Crippen molar-refractivity contribution in [3.8, 4) is 5.75 Å². The van der Waals surface area contributed by atoms with E-state index in [-0.39, 0.29) is 11.8 Å². The number of amides is 2. The van der Waals surface area contributed by atoms with Crippen LogP contribution in [0.4, 0.5) is 5.69 Å². The average molecular weight is 524 g/mol. The zero-order valence-corrected chi connectivity index (χ0v) is 23.2. The summed E-state index contributed by atoms with van der Waals surface area (Å²) in [6.45, 7) is 8.87. The van der Waals surface area contributed by atoms with Gasteiger partial charge in [-0.3, -0.25) is 9.59 Å². The molecule has 3 N–H and O–H groups in total. The molecule has 1 saturated heterocycles. The molecule has 2 aromatic carbocycles. The third-order valence-electron chi connectivity index (χ3n) is 6.89. The summed E-state index contributed by atoms with van der Waals surface area (Å²) in [6.07, 6.45) is 5.17. The van der Waals surface area contributed by atoms with Crippen molar-refractivity contribution in [1.29, 1.82) is 0 Å². The predicted molar refractivity (Wildman–Crippen MR) is 153 cm³/mol. The molecular formula is C31H45N3O4. The first-order valence-electron chi connectivity index (χ1n) is 14.2. The van der Waals surface area contributed by atoms with Gasteiger partial charge in [0, 0.05) is 36.8 Å². The average Bonchev–Trinajstić information content (AvgIpc) is 3.34. The first-order chi connectivity index (χ1) is 18.4. The SMILES string of the molecule is CCCCCOc1cc(C(=O)N[C@@H](Cc2ccccc2)[C@@H](O)CNCCC(C)C)cc(N2CCCC2=O)c1. The molecule has 0 unspecified atom stereocenters. The molecule has 1 fully saturated rings. The van der Waals surface area contributed by atoms with Crippen LogP contribution in [0.15, 0.2) is 48.5 Å². The van der Waals surface area contributed by atoms with Gasteiger partial charge in [-0.05, 0) is 55.8 Å². The second kappa shape index (κ2) is 15.5. The molecule has 2 atom stereocenters. The number of carbonyl (C=O) groups excluding carboxylic acids is 2. The molecule has 2 aromatic rings. The molecule has 208 valence electrons. The van der Waals surface area contributed by atoms with Gasteiger partial charge in [0.2, 0.25) is 5.91 Å². The molecule has 1 heterocycles. The molecule has 38 heavy (non-hydrogen) atoms. The molecular weight excluding hydrogens is 478 g/mol. The molecule has 7 heteroatoms. The highest BCUT2D eigenvalue weighted by atomic mass is 16.5. The molecule has 0 radical (unpaired) electrons. The maximum Gasteiger partial charge on any atom is 0.251 e. The summed E-state index contributed by atoms with van der Waals surface area (Å²) >= 11 is 0. The lowest BCUT2D eigenvalue weighted by molar-refractivity contribution is -0.117. The van der Waals surface area contributed by atoms with E-state index in [0.29, 0.717) is 55.5 Å². The number of hydrogen-bond acceptors (Lipinski definition) is 5. The Bertz CT molecular complexity index is 1010. The highest BCUT2D eigenvalue weighted by Gasteiger charge is 2.26. The molecule has 0 aromatic heterocycles. The Morgan fingerprint density at radius 1 is 1.13 bits per heavy atom. The van der Waals surface area contributed by atoms with Crippen molar-refractivity contribution in [3.05, 3.63) is 59.7 Å². The fourth-order valence-electron chi connectivity index (χ4n) is 4.60. The minimum absolute atomic E-state index is 0.0596. The normalized spacial score (nSPS) is 15.1. The van der Waals surface area contributed by atoms with Gasteiger partial charge in [0.1, 0.15) is 5.75 Å². The van der Waals surface area contributed by atoms with E-state index in [4.69, 9.17) is 4.74 Å². The number of anilines is 1. The molecule has 1 aliphatic heterocycles. The van der Waals surface area contributed by atoms with Crippen LogP contribution in [0.1, 0.15) is 75.2 Å². The monoisotopic (exact) mass is 523 g/mol. The number of aliphatic hydroxyl groups excluding tert-OH is 1. The van der Waals surface area contributed by atoms with E-state index in [0.717, 1.165) is 44.2 Å². The van der Waals surface area contributed by atoms with Crippen molar-refractivity contribution in [3.63, 3.8) is 0 Å². The number of nitrogens with one attached hydrogen (secondary N) is 2. The minimum Gasteiger partial charge on any atom is -0.493 e. The van der Waals surface area contributed by atoms with Gasteiger partial charge in [0.25, 0.3) is 5.91 Å². The van der Waals surface area contributed by atoms with Crippen LogP contribution in [0.5, 0.6) is 5.75 Å². The summed E-state index contributed by atoms with van der Waals surface area (Å²) in [4.78, 5) is 27.7. The van der Waals surface area contributed by atoms with E-state index < -0.39 is 12.1 Å². The summed E-state index contributed by atoms with van der Waals surface area (Å²) < 4.78 is 5.99. The molecule has 0 bridgehead atoms. The Kier molecular flexibility index (Phi) is 12.1. The van der Waals surface area contributed by atoms with Crippen LogP contribution in [0.25, 0.3) is 0 Å². The smallest absolute Gasteiger partial charge is 0.251 e. The zero-order valence-electron chi connectivity index (χ0n) is 23.2. The number of rotatable bonds is 16. The maximum atomic E-state index is 13.5. The molecule has 0 aliphatic carbocycles. The number of unbranched alkanes of at least 4 members (excludes halogenated alkanes) is 2. The highest BCUT2D eigenvalue weighted by Crippen LogP contribution is 2.28. The third-order valence-corrected chi connectivity index (χ3v) is 6.89. The van der Waals surface area contributed by atoms with Crippen LogP contribution in [-0.2, 0) is 11.2 Å². The lowest BCUT2D eigenvalue weighted by Gasteiger charge is -2.25. The van der Waals surface area contributed by atoms with Gasteiger partial charge in [-0.2, -0.15) is 0 Å². The van der Waals surface area contributed by atoms with E-state index in [1.54, 1.807) is 17.0 Å². The van der Waals surface area contributed by atoms with Gasteiger partial charge in [-0.1, -0.05) is 63.9 Å². The molecule has 0 spiro atoms. The summed E-state index contributed by atoms with van der Waals surface area (Å²) in [5, 5.41) is 17.5. The van der Waals surface area contributed by atoms with E-state index in [1.165, 1.54) is 0 Å². The zero-order chi connectivity index (χ0) is 27.3. The summed E-state index contributed by atoms with van der Waals surface area (Å²) in [5.41, 5.74) is 2.14. The van der Waals surface area contributed by atoms with Crippen LogP contribution in [0.3, 0.4) is 0 Å². The quantitative estimate of drug-likeness (QED) is 0.277. The summed E-state index contributed by atoms with van der Waals surface area (Å²) in [7, 11) is 0. The van der Waals surface area contributed by atoms with E-state index in [1.807, 2.05) is 36.4 Å². The van der Waals surface area contributed by atoms with Crippen molar-refractivity contribution in [2.75, 3.05) is 31.1 Å². The Labute approximate surface area is 228 Å². The molecule has 0 saturated carbocycles. The fourth-order valence-corrected chi connectivity index (χ4v) is 4.60. The Balaban J connectivity index is 1.78. The van der Waals surface area contributed by atoms with E-state index >= 15 is 0 Å². The van der Waals surface area contributed by atoms with Crippen LogP contribution in [-0.4, -0.2) is 55.3 Å². The van der Waals surface area contributed by atoms with Gasteiger partial charge in [-0.15, -0.1) is 0 Å². The van der Waals surface area contributed by atoms with Crippen molar-refractivity contribution in [2.45, 2.75) is 77.9 Å². The topological polar surface area (TPSA) is 90.9 Å². The first kappa shape index (κ1) is 29.7. The van der Waals surface area contributed by atoms with Crippen molar-refractivity contribution >= 4 is 17.5 Å². The largest absolute Gasteiger partial charge is 0.493 e. The van der Waals surface area contributed by atoms with Gasteiger partial charge in [-0.25, -0.2) is 0 Å². The minimum atomic E-state index is -0.764. The summed E-state index contributed by atoms with van der Waals surface area (Å²) in [6, 6.07) is 14.7. The molecule has 1 aliphatic rings. The van der Waals surface area contributed by atoms with Gasteiger partial charge in [0.15, 0.2) is 0 Å². The van der Waals surface area contributed by atoms with Crippen molar-refractivity contribution in [2.24, 2.45) is 5.92 Å². The second-order valence-corrected chi connectivity index (χ2v) is 10.6. The Hall–Kier alpha value is -2.90. The van der Waals surface area contributed by atoms with Gasteiger partial charge < -0.3 is 25.4 Å². The van der Waals surface area contributed by atoms with E-state index in [2.05, 4.69) is 31.4 Å². The highest BCUT2D eigenvalue weighted by molar-refractivity contribution is 5.99. The van der Waals surface area contributed by atoms with Gasteiger partial charge >= 0.3 is 0 Å². The summed E-state index contributed by atoms with van der Waals surface area (Å²) in [5.74, 6) is 0.926. The molecule has 2 amide bonds. The lowest BCUT2D eigenvalue weighted by atomic mass is 10.00. The van der Waals surface area contributed by atoms with Crippen LogP contribution in [0.2, 0.25) is 0 Å². The number of benzene rings is 2. The number of ether oxygens (including phenoxy) is 1. The van der Waals surface area contributed by atoms with Crippen molar-refractivity contribution in [1.82, 2.24) is 10.6 Å². The van der Waals surface area contributed by atoms with Crippen LogP contribution in [0, 0.1) is 5.92 Å². The number of hydrogen-bond donors (Lipinski definition) is 3. The van der Waals surface area contributed by atoms with Crippen LogP contribution < -0.4 is 20.3 Å². The second-order valence-electron chi connectivity index (χ2n) is 10.6. The number of aliphatic hydroxyl groups is 1. The lowest BCUT2D eigenvalue weighted by Crippen LogP contribution is -2.49. The van der Waals surface area contributed by atoms with E-state index in [9.17, 15) is 14.7 Å². The molecule has 7 nitrogen and oxygen atoms in total.